The Kier molecular flexibility index (Phi) is 8.72. The molecule has 4 rings (SSSR count). The van der Waals surface area contributed by atoms with Crippen LogP contribution in [0.5, 0.6) is 0 Å². The number of ether oxygens (including phenoxy) is 1. The molecule has 0 unspecified atom stereocenters. The van der Waals surface area contributed by atoms with Gasteiger partial charge in [-0.05, 0) is 97.7 Å². The number of halogens is 1. The molecule has 4 aliphatic rings. The molecule has 0 saturated heterocycles. The van der Waals surface area contributed by atoms with E-state index in [1.165, 1.54) is 51.4 Å². The molecule has 0 spiro atoms. The third-order valence-electron chi connectivity index (χ3n) is 11.3. The van der Waals surface area contributed by atoms with Crippen molar-refractivity contribution in [3.05, 3.63) is 11.6 Å². The van der Waals surface area contributed by atoms with Crippen molar-refractivity contribution in [3.8, 4) is 0 Å². The van der Waals surface area contributed by atoms with Crippen LogP contribution < -0.4 is 0 Å². The Balaban J connectivity index is 1.42. The normalized spacial score (nSPS) is 40.3. The lowest BCUT2D eigenvalue weighted by atomic mass is 9.47. The molecular formula is C32H53ClO2. The molecule has 35 heavy (non-hydrogen) atoms. The van der Waals surface area contributed by atoms with Crippen LogP contribution in [0.1, 0.15) is 125 Å². The van der Waals surface area contributed by atoms with Crippen molar-refractivity contribution in [2.45, 2.75) is 136 Å². The standard InChI is InChI=1S/C32H53ClO2/c1-7-9-29(33)30(34)35-24-16-18-31(5)23(20-24)12-13-25-27-15-14-26(22(4)11-8-10-21(2)3)32(27,6)19-17-28(25)31/h12,21-22,24-29H,7-11,13-20H2,1-6H3/t22-,24-,25-,26+,27-,28-,29-,31-,32+/m0/s1. The minimum absolute atomic E-state index is 0.0212. The van der Waals surface area contributed by atoms with Gasteiger partial charge in [-0.1, -0.05) is 78.9 Å². The van der Waals surface area contributed by atoms with Crippen LogP contribution in [0.4, 0.5) is 0 Å². The molecule has 3 saturated carbocycles. The summed E-state index contributed by atoms with van der Waals surface area (Å²) in [7, 11) is 0. The highest BCUT2D eigenvalue weighted by Gasteiger charge is 2.59. The average molecular weight is 505 g/mol. The fraction of sp³-hybridized carbons (Fsp3) is 0.906. The Hall–Kier alpha value is -0.500. The van der Waals surface area contributed by atoms with Crippen LogP contribution in [0.3, 0.4) is 0 Å². The molecule has 0 bridgehead atoms. The Labute approximate surface area is 221 Å². The van der Waals surface area contributed by atoms with E-state index in [2.05, 4.69) is 47.6 Å². The first-order chi connectivity index (χ1) is 16.6. The van der Waals surface area contributed by atoms with Crippen molar-refractivity contribution in [2.24, 2.45) is 46.3 Å². The first-order valence-corrected chi connectivity index (χ1v) is 15.6. The Morgan fingerprint density at radius 1 is 1.06 bits per heavy atom. The number of hydrogen-bond donors (Lipinski definition) is 0. The zero-order valence-corrected chi connectivity index (χ0v) is 24.3. The predicted octanol–water partition coefficient (Wildman–Crippen LogP) is 9.35. The van der Waals surface area contributed by atoms with Crippen LogP contribution >= 0.6 is 11.6 Å². The number of esters is 1. The lowest BCUT2D eigenvalue weighted by Gasteiger charge is -2.58. The summed E-state index contributed by atoms with van der Waals surface area (Å²) in [6.45, 7) is 14.6. The molecule has 4 aliphatic carbocycles. The molecule has 0 aromatic heterocycles. The van der Waals surface area contributed by atoms with Gasteiger partial charge in [-0.15, -0.1) is 11.6 Å². The molecule has 0 aromatic rings. The molecule has 3 heteroatoms. The second-order valence-electron chi connectivity index (χ2n) is 13.8. The van der Waals surface area contributed by atoms with E-state index in [-0.39, 0.29) is 12.1 Å². The number of hydrogen-bond acceptors (Lipinski definition) is 2. The van der Waals surface area contributed by atoms with Crippen LogP contribution in [-0.2, 0) is 9.53 Å². The summed E-state index contributed by atoms with van der Waals surface area (Å²) in [4.78, 5) is 12.4. The number of rotatable bonds is 9. The summed E-state index contributed by atoms with van der Waals surface area (Å²) >= 11 is 6.26. The van der Waals surface area contributed by atoms with Gasteiger partial charge in [0.25, 0.3) is 0 Å². The molecule has 3 fully saturated rings. The van der Waals surface area contributed by atoms with Gasteiger partial charge in [-0.3, -0.25) is 4.79 Å². The van der Waals surface area contributed by atoms with Crippen LogP contribution in [0.25, 0.3) is 0 Å². The minimum atomic E-state index is -0.489. The summed E-state index contributed by atoms with van der Waals surface area (Å²) in [6.07, 6.45) is 18.5. The quantitative estimate of drug-likeness (QED) is 0.177. The van der Waals surface area contributed by atoms with E-state index in [1.807, 2.05) is 0 Å². The first kappa shape index (κ1) is 27.5. The Morgan fingerprint density at radius 3 is 2.54 bits per heavy atom. The highest BCUT2D eigenvalue weighted by molar-refractivity contribution is 6.29. The van der Waals surface area contributed by atoms with Gasteiger partial charge in [-0.25, -0.2) is 0 Å². The Morgan fingerprint density at radius 2 is 1.83 bits per heavy atom. The van der Waals surface area contributed by atoms with Crippen molar-refractivity contribution >= 4 is 17.6 Å². The number of carbonyl (C=O) groups excluding carboxylic acids is 1. The third kappa shape index (κ3) is 5.39. The maximum absolute atomic E-state index is 12.4. The Bertz CT molecular complexity index is 774. The van der Waals surface area contributed by atoms with Crippen molar-refractivity contribution in [3.63, 3.8) is 0 Å². The molecule has 0 heterocycles. The summed E-state index contributed by atoms with van der Waals surface area (Å²) in [5, 5.41) is -0.489. The van der Waals surface area contributed by atoms with Crippen LogP contribution in [-0.4, -0.2) is 17.5 Å². The van der Waals surface area contributed by atoms with Gasteiger partial charge in [0.05, 0.1) is 0 Å². The van der Waals surface area contributed by atoms with Gasteiger partial charge in [0, 0.05) is 6.42 Å². The summed E-state index contributed by atoms with van der Waals surface area (Å²) in [5.41, 5.74) is 2.43. The molecular weight excluding hydrogens is 452 g/mol. The van der Waals surface area contributed by atoms with E-state index in [0.29, 0.717) is 17.3 Å². The van der Waals surface area contributed by atoms with Crippen LogP contribution in [0.2, 0.25) is 0 Å². The van der Waals surface area contributed by atoms with Gasteiger partial charge < -0.3 is 4.74 Å². The van der Waals surface area contributed by atoms with Gasteiger partial charge in [0.2, 0.25) is 0 Å². The van der Waals surface area contributed by atoms with Crippen molar-refractivity contribution < 1.29 is 9.53 Å². The predicted molar refractivity (Wildman–Crippen MR) is 147 cm³/mol. The third-order valence-corrected chi connectivity index (χ3v) is 11.7. The lowest BCUT2D eigenvalue weighted by molar-refractivity contribution is -0.151. The molecule has 200 valence electrons. The fourth-order valence-electron chi connectivity index (χ4n) is 9.36. The van der Waals surface area contributed by atoms with Crippen LogP contribution in [0, 0.1) is 46.3 Å². The van der Waals surface area contributed by atoms with E-state index in [1.54, 1.807) is 5.57 Å². The molecule has 0 aromatic carbocycles. The average Bonchev–Trinajstić information content (AvgIpc) is 3.16. The van der Waals surface area contributed by atoms with Crippen LogP contribution in [0.15, 0.2) is 11.6 Å². The molecule has 0 aliphatic heterocycles. The van der Waals surface area contributed by atoms with E-state index in [9.17, 15) is 4.79 Å². The largest absolute Gasteiger partial charge is 0.461 e. The van der Waals surface area contributed by atoms with E-state index in [0.717, 1.165) is 61.2 Å². The summed E-state index contributed by atoms with van der Waals surface area (Å²) < 4.78 is 5.90. The van der Waals surface area contributed by atoms with Gasteiger partial charge in [0.15, 0.2) is 0 Å². The summed E-state index contributed by atoms with van der Waals surface area (Å²) in [5.74, 6) is 4.98. The van der Waals surface area contributed by atoms with Crippen molar-refractivity contribution in [2.75, 3.05) is 0 Å². The fourth-order valence-corrected chi connectivity index (χ4v) is 9.63. The monoisotopic (exact) mass is 504 g/mol. The van der Waals surface area contributed by atoms with E-state index < -0.39 is 5.38 Å². The molecule has 9 atom stereocenters. The molecule has 0 amide bonds. The SMILES string of the molecule is CCC[C@H](Cl)C(=O)O[C@H]1CC[C@@]2(C)C(=CC[C@H]3[C@@H]4CC[C@H]([C@@H](C)CCCC(C)C)[C@@]4(C)CC[C@@H]32)C1. The van der Waals surface area contributed by atoms with Crippen molar-refractivity contribution in [1.82, 2.24) is 0 Å². The number of fused-ring (bicyclic) bond motifs is 5. The van der Waals surface area contributed by atoms with E-state index >= 15 is 0 Å². The first-order valence-electron chi connectivity index (χ1n) is 15.1. The molecule has 0 N–H and O–H groups in total. The zero-order valence-electron chi connectivity index (χ0n) is 23.6. The maximum atomic E-state index is 12.4. The molecule has 0 radical (unpaired) electrons. The van der Waals surface area contributed by atoms with Gasteiger partial charge >= 0.3 is 5.97 Å². The minimum Gasteiger partial charge on any atom is -0.461 e. The highest BCUT2D eigenvalue weighted by atomic mass is 35.5. The lowest BCUT2D eigenvalue weighted by Crippen LogP contribution is -2.51. The summed E-state index contributed by atoms with van der Waals surface area (Å²) in [6, 6.07) is 0. The maximum Gasteiger partial charge on any atom is 0.324 e. The van der Waals surface area contributed by atoms with Crippen molar-refractivity contribution in [1.29, 1.82) is 0 Å². The second-order valence-corrected chi connectivity index (χ2v) is 14.4. The van der Waals surface area contributed by atoms with E-state index in [4.69, 9.17) is 16.3 Å². The smallest absolute Gasteiger partial charge is 0.324 e. The molecule has 2 nitrogen and oxygen atoms in total. The number of carbonyl (C=O) groups is 1. The number of allylic oxidation sites excluding steroid dienone is 1. The van der Waals surface area contributed by atoms with Gasteiger partial charge in [-0.2, -0.15) is 0 Å². The zero-order chi connectivity index (χ0) is 25.4. The topological polar surface area (TPSA) is 26.3 Å². The number of alkyl halides is 1. The van der Waals surface area contributed by atoms with Gasteiger partial charge in [0.1, 0.15) is 11.5 Å². The second kappa shape index (κ2) is 11.1. The highest BCUT2D eigenvalue weighted by Crippen LogP contribution is 2.67.